The summed E-state index contributed by atoms with van der Waals surface area (Å²) >= 11 is 0. The SMILES string of the molecule is CC=C=CCC(O)c1ccccc1. The van der Waals surface area contributed by atoms with Crippen molar-refractivity contribution in [3.8, 4) is 0 Å². The predicted molar refractivity (Wildman–Crippen MR) is 54.3 cm³/mol. The minimum atomic E-state index is -0.409. The number of benzene rings is 1. The van der Waals surface area contributed by atoms with Gasteiger partial charge in [0, 0.05) is 6.42 Å². The molecule has 0 fully saturated rings. The van der Waals surface area contributed by atoms with Crippen LogP contribution in [0.3, 0.4) is 0 Å². The van der Waals surface area contributed by atoms with Crippen LogP contribution in [0.4, 0.5) is 0 Å². The van der Waals surface area contributed by atoms with Gasteiger partial charge in [-0.3, -0.25) is 0 Å². The third-order valence-electron chi connectivity index (χ3n) is 1.81. The summed E-state index contributed by atoms with van der Waals surface area (Å²) in [5.41, 5.74) is 3.89. The van der Waals surface area contributed by atoms with E-state index in [4.69, 9.17) is 0 Å². The van der Waals surface area contributed by atoms with Crippen molar-refractivity contribution in [2.75, 3.05) is 0 Å². The van der Waals surface area contributed by atoms with Gasteiger partial charge in [-0.2, -0.15) is 0 Å². The Balaban J connectivity index is 2.59. The van der Waals surface area contributed by atoms with Crippen LogP contribution in [0.15, 0.2) is 48.2 Å². The molecule has 1 nitrogen and oxygen atoms in total. The Labute approximate surface area is 79.0 Å². The third-order valence-corrected chi connectivity index (χ3v) is 1.81. The second kappa shape index (κ2) is 5.36. The fourth-order valence-corrected chi connectivity index (χ4v) is 1.11. The molecule has 0 amide bonds. The summed E-state index contributed by atoms with van der Waals surface area (Å²) in [4.78, 5) is 0. The standard InChI is InChI=1S/C12H14O/c1-2-3-5-10-12(13)11-8-6-4-7-9-11/h2,4-9,12-13H,10H2,1H3. The molecular formula is C12H14O. The van der Waals surface area contributed by atoms with Crippen molar-refractivity contribution in [2.24, 2.45) is 0 Å². The summed E-state index contributed by atoms with van der Waals surface area (Å²) in [6.07, 6.45) is 3.89. The van der Waals surface area contributed by atoms with Gasteiger partial charge in [-0.05, 0) is 24.6 Å². The lowest BCUT2D eigenvalue weighted by Crippen LogP contribution is -1.94. The zero-order valence-electron chi connectivity index (χ0n) is 7.77. The third kappa shape index (κ3) is 3.29. The maximum absolute atomic E-state index is 9.66. The van der Waals surface area contributed by atoms with Gasteiger partial charge in [-0.25, -0.2) is 0 Å². The van der Waals surface area contributed by atoms with Gasteiger partial charge >= 0.3 is 0 Å². The van der Waals surface area contributed by atoms with E-state index in [1.54, 1.807) is 0 Å². The number of hydrogen-bond acceptors (Lipinski definition) is 1. The molecule has 0 aliphatic rings. The first-order valence-corrected chi connectivity index (χ1v) is 4.43. The Morgan fingerprint density at radius 2 is 2.08 bits per heavy atom. The molecule has 1 N–H and O–H groups in total. The summed E-state index contributed by atoms with van der Waals surface area (Å²) in [6.45, 7) is 1.91. The lowest BCUT2D eigenvalue weighted by molar-refractivity contribution is 0.181. The monoisotopic (exact) mass is 174 g/mol. The lowest BCUT2D eigenvalue weighted by atomic mass is 10.1. The molecule has 0 radical (unpaired) electrons. The fourth-order valence-electron chi connectivity index (χ4n) is 1.11. The summed E-state index contributed by atoms with van der Waals surface area (Å²) in [7, 11) is 0. The van der Waals surface area contributed by atoms with Crippen LogP contribution < -0.4 is 0 Å². The molecule has 0 aliphatic carbocycles. The predicted octanol–water partition coefficient (Wildman–Crippen LogP) is 2.84. The number of aliphatic hydroxyl groups excluding tert-OH is 1. The van der Waals surface area contributed by atoms with Gasteiger partial charge in [0.2, 0.25) is 0 Å². The van der Waals surface area contributed by atoms with Crippen LogP contribution in [0.1, 0.15) is 25.0 Å². The van der Waals surface area contributed by atoms with E-state index in [1.807, 2.05) is 49.4 Å². The highest BCUT2D eigenvalue weighted by Crippen LogP contribution is 2.15. The molecule has 1 aromatic rings. The highest BCUT2D eigenvalue weighted by molar-refractivity contribution is 5.17. The highest BCUT2D eigenvalue weighted by Gasteiger charge is 2.02. The normalized spacial score (nSPS) is 11.5. The van der Waals surface area contributed by atoms with E-state index in [0.717, 1.165) is 5.56 Å². The van der Waals surface area contributed by atoms with Gasteiger partial charge in [-0.1, -0.05) is 30.3 Å². The summed E-state index contributed by atoms with van der Waals surface area (Å²) < 4.78 is 0. The van der Waals surface area contributed by atoms with E-state index >= 15 is 0 Å². The van der Waals surface area contributed by atoms with Crippen molar-refractivity contribution in [3.63, 3.8) is 0 Å². The molecule has 0 heterocycles. The first-order valence-electron chi connectivity index (χ1n) is 4.43. The van der Waals surface area contributed by atoms with Crippen LogP contribution in [0.2, 0.25) is 0 Å². The molecule has 0 saturated carbocycles. The van der Waals surface area contributed by atoms with Crippen LogP contribution >= 0.6 is 0 Å². The summed E-state index contributed by atoms with van der Waals surface area (Å²) in [5, 5.41) is 9.66. The minimum Gasteiger partial charge on any atom is -0.388 e. The zero-order chi connectivity index (χ0) is 9.52. The average molecular weight is 174 g/mol. The van der Waals surface area contributed by atoms with E-state index in [-0.39, 0.29) is 0 Å². The molecule has 13 heavy (non-hydrogen) atoms. The lowest BCUT2D eigenvalue weighted by Gasteiger charge is -2.06. The molecule has 0 aromatic heterocycles. The van der Waals surface area contributed by atoms with Crippen LogP contribution in [0, 0.1) is 0 Å². The Morgan fingerprint density at radius 3 is 2.69 bits per heavy atom. The highest BCUT2D eigenvalue weighted by atomic mass is 16.3. The van der Waals surface area contributed by atoms with Crippen molar-refractivity contribution < 1.29 is 5.11 Å². The molecule has 0 spiro atoms. The molecule has 1 heteroatoms. The zero-order valence-corrected chi connectivity index (χ0v) is 7.77. The Kier molecular flexibility index (Phi) is 4.04. The van der Waals surface area contributed by atoms with Crippen molar-refractivity contribution in [1.29, 1.82) is 0 Å². The van der Waals surface area contributed by atoms with Gasteiger partial charge in [0.15, 0.2) is 0 Å². The minimum absolute atomic E-state index is 0.409. The smallest absolute Gasteiger partial charge is 0.0830 e. The molecular weight excluding hydrogens is 160 g/mol. The first-order chi connectivity index (χ1) is 6.34. The molecule has 0 aliphatic heterocycles. The first kappa shape index (κ1) is 9.79. The van der Waals surface area contributed by atoms with E-state index in [1.165, 1.54) is 0 Å². The van der Waals surface area contributed by atoms with Crippen molar-refractivity contribution in [1.82, 2.24) is 0 Å². The molecule has 0 saturated heterocycles. The molecule has 1 aromatic carbocycles. The number of rotatable bonds is 3. The summed E-state index contributed by atoms with van der Waals surface area (Å²) in [5.74, 6) is 0. The van der Waals surface area contributed by atoms with E-state index < -0.39 is 6.10 Å². The quantitative estimate of drug-likeness (QED) is 0.698. The largest absolute Gasteiger partial charge is 0.388 e. The van der Waals surface area contributed by atoms with E-state index in [9.17, 15) is 5.11 Å². The van der Waals surface area contributed by atoms with E-state index in [2.05, 4.69) is 5.73 Å². The van der Waals surface area contributed by atoms with Gasteiger partial charge < -0.3 is 5.11 Å². The Morgan fingerprint density at radius 1 is 1.38 bits per heavy atom. The van der Waals surface area contributed by atoms with Gasteiger partial charge in [0.05, 0.1) is 6.10 Å². The van der Waals surface area contributed by atoms with Crippen LogP contribution in [-0.2, 0) is 0 Å². The van der Waals surface area contributed by atoms with Crippen molar-refractivity contribution in [3.05, 3.63) is 53.8 Å². The number of aliphatic hydroxyl groups is 1. The summed E-state index contributed by atoms with van der Waals surface area (Å²) in [6, 6.07) is 9.65. The van der Waals surface area contributed by atoms with E-state index in [0.29, 0.717) is 6.42 Å². The van der Waals surface area contributed by atoms with Crippen LogP contribution in [0.25, 0.3) is 0 Å². The number of hydrogen-bond donors (Lipinski definition) is 1. The van der Waals surface area contributed by atoms with Gasteiger partial charge in [-0.15, -0.1) is 5.73 Å². The molecule has 68 valence electrons. The molecule has 1 unspecified atom stereocenters. The Hall–Kier alpha value is -1.30. The fraction of sp³-hybridized carbons (Fsp3) is 0.250. The molecule has 0 bridgehead atoms. The second-order valence-corrected chi connectivity index (χ2v) is 2.82. The second-order valence-electron chi connectivity index (χ2n) is 2.82. The van der Waals surface area contributed by atoms with Crippen molar-refractivity contribution in [2.45, 2.75) is 19.4 Å². The average Bonchev–Trinajstić information content (AvgIpc) is 2.19. The van der Waals surface area contributed by atoms with Crippen molar-refractivity contribution >= 4 is 0 Å². The maximum Gasteiger partial charge on any atom is 0.0830 e. The van der Waals surface area contributed by atoms with Gasteiger partial charge in [0.25, 0.3) is 0 Å². The van der Waals surface area contributed by atoms with Gasteiger partial charge in [0.1, 0.15) is 0 Å². The topological polar surface area (TPSA) is 20.2 Å². The molecule has 1 rings (SSSR count). The maximum atomic E-state index is 9.66. The van der Waals surface area contributed by atoms with Crippen LogP contribution in [0.5, 0.6) is 0 Å². The van der Waals surface area contributed by atoms with Crippen LogP contribution in [-0.4, -0.2) is 5.11 Å². The Bertz CT molecular complexity index is 294. The molecule has 1 atom stereocenters.